The summed E-state index contributed by atoms with van der Waals surface area (Å²) in [4.78, 5) is 6.09. The standard InChI is InChI=1S/C11H21N3O2/c1-9(7-15)14(5-10(2)16)6-11-4-12-8-13(11)3/h4,8-10,15-16H,5-7H2,1-3H3. The zero-order valence-corrected chi connectivity index (χ0v) is 10.2. The van der Waals surface area contributed by atoms with Gasteiger partial charge in [-0.2, -0.15) is 0 Å². The maximum absolute atomic E-state index is 9.42. The van der Waals surface area contributed by atoms with E-state index >= 15 is 0 Å². The zero-order chi connectivity index (χ0) is 12.1. The van der Waals surface area contributed by atoms with Crippen molar-refractivity contribution in [3.8, 4) is 0 Å². The van der Waals surface area contributed by atoms with Gasteiger partial charge in [0.05, 0.1) is 24.7 Å². The van der Waals surface area contributed by atoms with Crippen molar-refractivity contribution in [3.05, 3.63) is 18.2 Å². The molecule has 0 amide bonds. The molecule has 0 saturated heterocycles. The maximum atomic E-state index is 9.42. The summed E-state index contributed by atoms with van der Waals surface area (Å²) >= 11 is 0. The molecule has 2 atom stereocenters. The lowest BCUT2D eigenvalue weighted by molar-refractivity contribution is 0.0705. The molecule has 0 bridgehead atoms. The lowest BCUT2D eigenvalue weighted by atomic mass is 10.2. The normalized spacial score (nSPS) is 15.4. The topological polar surface area (TPSA) is 61.5 Å². The Kier molecular flexibility index (Phi) is 4.92. The number of aromatic nitrogens is 2. The number of hydrogen-bond acceptors (Lipinski definition) is 4. The van der Waals surface area contributed by atoms with E-state index in [-0.39, 0.29) is 12.6 Å². The van der Waals surface area contributed by atoms with E-state index in [2.05, 4.69) is 4.98 Å². The number of nitrogens with zero attached hydrogens (tertiary/aromatic N) is 3. The highest BCUT2D eigenvalue weighted by molar-refractivity contribution is 4.97. The fourth-order valence-corrected chi connectivity index (χ4v) is 1.60. The fraction of sp³-hybridized carbons (Fsp3) is 0.727. The van der Waals surface area contributed by atoms with Gasteiger partial charge in [0.1, 0.15) is 0 Å². The fourth-order valence-electron chi connectivity index (χ4n) is 1.60. The average Bonchev–Trinajstić information content (AvgIpc) is 2.61. The number of rotatable bonds is 6. The van der Waals surface area contributed by atoms with Crippen LogP contribution in [0.1, 0.15) is 19.5 Å². The van der Waals surface area contributed by atoms with Crippen LogP contribution in [0.5, 0.6) is 0 Å². The van der Waals surface area contributed by atoms with Crippen LogP contribution in [0.4, 0.5) is 0 Å². The van der Waals surface area contributed by atoms with E-state index in [4.69, 9.17) is 0 Å². The van der Waals surface area contributed by atoms with Gasteiger partial charge in [-0.15, -0.1) is 0 Å². The average molecular weight is 227 g/mol. The third kappa shape index (κ3) is 3.59. The molecular weight excluding hydrogens is 206 g/mol. The van der Waals surface area contributed by atoms with Gasteiger partial charge in [0, 0.05) is 32.4 Å². The first kappa shape index (κ1) is 13.2. The summed E-state index contributed by atoms with van der Waals surface area (Å²) in [6.07, 6.45) is 3.15. The Morgan fingerprint density at radius 1 is 1.50 bits per heavy atom. The van der Waals surface area contributed by atoms with Crippen LogP contribution in [-0.2, 0) is 13.6 Å². The second kappa shape index (κ2) is 5.98. The van der Waals surface area contributed by atoms with Crippen molar-refractivity contribution in [1.82, 2.24) is 14.5 Å². The molecule has 1 aromatic heterocycles. The molecule has 5 heteroatoms. The van der Waals surface area contributed by atoms with Crippen LogP contribution in [0, 0.1) is 0 Å². The van der Waals surface area contributed by atoms with Gasteiger partial charge in [-0.05, 0) is 13.8 Å². The van der Waals surface area contributed by atoms with Gasteiger partial charge in [-0.3, -0.25) is 4.90 Å². The molecule has 0 aliphatic heterocycles. The van der Waals surface area contributed by atoms with Crippen molar-refractivity contribution < 1.29 is 10.2 Å². The maximum Gasteiger partial charge on any atom is 0.0945 e. The molecule has 0 spiro atoms. The first-order chi connectivity index (χ1) is 7.54. The lowest BCUT2D eigenvalue weighted by Crippen LogP contribution is -2.40. The Balaban J connectivity index is 2.66. The molecule has 16 heavy (non-hydrogen) atoms. The van der Waals surface area contributed by atoms with Gasteiger partial charge in [0.2, 0.25) is 0 Å². The van der Waals surface area contributed by atoms with Crippen LogP contribution in [0.3, 0.4) is 0 Å². The first-order valence-electron chi connectivity index (χ1n) is 5.52. The molecule has 0 aliphatic carbocycles. The highest BCUT2D eigenvalue weighted by Gasteiger charge is 2.16. The van der Waals surface area contributed by atoms with Gasteiger partial charge >= 0.3 is 0 Å². The molecule has 0 saturated carbocycles. The van der Waals surface area contributed by atoms with Gasteiger partial charge in [0.15, 0.2) is 0 Å². The zero-order valence-electron chi connectivity index (χ0n) is 10.2. The number of aryl methyl sites for hydroxylation is 1. The Morgan fingerprint density at radius 2 is 2.19 bits per heavy atom. The molecule has 2 unspecified atom stereocenters. The van der Waals surface area contributed by atoms with Crippen LogP contribution >= 0.6 is 0 Å². The summed E-state index contributed by atoms with van der Waals surface area (Å²) in [6.45, 7) is 5.01. The molecule has 1 rings (SSSR count). The first-order valence-corrected chi connectivity index (χ1v) is 5.52. The third-order valence-corrected chi connectivity index (χ3v) is 2.67. The number of hydrogen-bond donors (Lipinski definition) is 2. The van der Waals surface area contributed by atoms with E-state index < -0.39 is 6.10 Å². The van der Waals surface area contributed by atoms with Crippen LogP contribution in [-0.4, -0.2) is 50.0 Å². The minimum Gasteiger partial charge on any atom is -0.395 e. The number of aliphatic hydroxyl groups excluding tert-OH is 2. The lowest BCUT2D eigenvalue weighted by Gasteiger charge is -2.28. The molecule has 5 nitrogen and oxygen atoms in total. The Bertz CT molecular complexity index is 312. The second-order valence-corrected chi connectivity index (χ2v) is 4.31. The summed E-state index contributed by atoms with van der Waals surface area (Å²) in [6, 6.07) is 0.0319. The predicted molar refractivity (Wildman–Crippen MR) is 61.8 cm³/mol. The SMILES string of the molecule is CC(O)CN(Cc1cncn1C)C(C)CO. The van der Waals surface area contributed by atoms with E-state index in [0.717, 1.165) is 5.69 Å². The Hall–Kier alpha value is -0.910. The summed E-state index contributed by atoms with van der Waals surface area (Å²) < 4.78 is 1.94. The van der Waals surface area contributed by atoms with E-state index in [0.29, 0.717) is 13.1 Å². The molecule has 1 aromatic rings. The van der Waals surface area contributed by atoms with Crippen LogP contribution in [0.25, 0.3) is 0 Å². The van der Waals surface area contributed by atoms with E-state index in [9.17, 15) is 10.2 Å². The monoisotopic (exact) mass is 227 g/mol. The van der Waals surface area contributed by atoms with Crippen molar-refractivity contribution in [2.24, 2.45) is 7.05 Å². The van der Waals surface area contributed by atoms with Crippen molar-refractivity contribution in [2.75, 3.05) is 13.2 Å². The van der Waals surface area contributed by atoms with Gasteiger partial charge < -0.3 is 14.8 Å². The van der Waals surface area contributed by atoms with Crippen molar-refractivity contribution >= 4 is 0 Å². The molecule has 0 aromatic carbocycles. The van der Waals surface area contributed by atoms with Crippen LogP contribution in [0.2, 0.25) is 0 Å². The largest absolute Gasteiger partial charge is 0.395 e. The highest BCUT2D eigenvalue weighted by Crippen LogP contribution is 2.08. The number of aliphatic hydroxyl groups is 2. The molecule has 0 fully saturated rings. The summed E-state index contributed by atoms with van der Waals surface area (Å²) in [5.41, 5.74) is 1.07. The minimum absolute atomic E-state index is 0.0319. The highest BCUT2D eigenvalue weighted by atomic mass is 16.3. The van der Waals surface area contributed by atoms with Crippen molar-refractivity contribution in [3.63, 3.8) is 0 Å². The molecule has 2 N–H and O–H groups in total. The second-order valence-electron chi connectivity index (χ2n) is 4.31. The van der Waals surface area contributed by atoms with E-state index in [1.54, 1.807) is 19.4 Å². The van der Waals surface area contributed by atoms with E-state index in [1.807, 2.05) is 23.4 Å². The van der Waals surface area contributed by atoms with Crippen molar-refractivity contribution in [2.45, 2.75) is 32.5 Å². The van der Waals surface area contributed by atoms with Crippen LogP contribution < -0.4 is 0 Å². The molecule has 1 heterocycles. The smallest absolute Gasteiger partial charge is 0.0945 e. The third-order valence-electron chi connectivity index (χ3n) is 2.67. The summed E-state index contributed by atoms with van der Waals surface area (Å²) in [5, 5.41) is 18.6. The van der Waals surface area contributed by atoms with Crippen molar-refractivity contribution in [1.29, 1.82) is 0 Å². The summed E-state index contributed by atoms with van der Waals surface area (Å²) in [7, 11) is 1.94. The molecule has 0 radical (unpaired) electrons. The number of imidazole rings is 1. The van der Waals surface area contributed by atoms with Gasteiger partial charge in [-0.25, -0.2) is 4.98 Å². The summed E-state index contributed by atoms with van der Waals surface area (Å²) in [5.74, 6) is 0. The Labute approximate surface area is 96.3 Å². The minimum atomic E-state index is -0.401. The van der Waals surface area contributed by atoms with Crippen LogP contribution in [0.15, 0.2) is 12.5 Å². The molecule has 92 valence electrons. The molecular formula is C11H21N3O2. The Morgan fingerprint density at radius 3 is 2.62 bits per heavy atom. The van der Waals surface area contributed by atoms with Gasteiger partial charge in [-0.1, -0.05) is 0 Å². The quantitative estimate of drug-likeness (QED) is 0.717. The van der Waals surface area contributed by atoms with E-state index in [1.165, 1.54) is 0 Å². The molecule has 0 aliphatic rings. The van der Waals surface area contributed by atoms with Gasteiger partial charge in [0.25, 0.3) is 0 Å². The predicted octanol–water partition coefficient (Wildman–Crippen LogP) is -0.0163.